The van der Waals surface area contributed by atoms with E-state index in [-0.39, 0.29) is 0 Å². The van der Waals surface area contributed by atoms with E-state index in [1.165, 1.54) is 22.0 Å². The molecule has 0 N–H and O–H groups in total. The van der Waals surface area contributed by atoms with E-state index in [1.54, 1.807) is 0 Å². The molecular formula is C12H12NO+. The van der Waals surface area contributed by atoms with Crippen molar-refractivity contribution in [2.75, 3.05) is 0 Å². The molecule has 1 aromatic heterocycles. The third-order valence-electron chi connectivity index (χ3n) is 2.85. The largest absolute Gasteiger partial charge is 0.429 e. The Morgan fingerprint density at radius 3 is 3.00 bits per heavy atom. The highest BCUT2D eigenvalue weighted by molar-refractivity contribution is 5.86. The van der Waals surface area contributed by atoms with Crippen LogP contribution in [0.25, 0.3) is 10.9 Å². The highest BCUT2D eigenvalue weighted by atomic mass is 16.5. The van der Waals surface area contributed by atoms with Gasteiger partial charge in [-0.05, 0) is 31.0 Å². The lowest BCUT2D eigenvalue weighted by Crippen LogP contribution is -2.31. The molecule has 0 saturated carbocycles. The van der Waals surface area contributed by atoms with Crippen molar-refractivity contribution >= 4 is 10.9 Å². The molecule has 1 aliphatic heterocycles. The van der Waals surface area contributed by atoms with Crippen molar-refractivity contribution in [1.29, 1.82) is 0 Å². The minimum absolute atomic E-state index is 0.650. The summed E-state index contributed by atoms with van der Waals surface area (Å²) in [5.41, 5.74) is 3.79. The van der Waals surface area contributed by atoms with E-state index in [4.69, 9.17) is 4.74 Å². The van der Waals surface area contributed by atoms with Crippen LogP contribution in [0, 0.1) is 13.8 Å². The monoisotopic (exact) mass is 186 g/mol. The zero-order valence-electron chi connectivity index (χ0n) is 8.37. The van der Waals surface area contributed by atoms with Crippen LogP contribution in [0.5, 0.6) is 5.75 Å². The molecule has 2 aromatic rings. The first kappa shape index (κ1) is 7.80. The van der Waals surface area contributed by atoms with Gasteiger partial charge in [0.05, 0.1) is 5.39 Å². The normalized spacial score (nSPS) is 13.3. The van der Waals surface area contributed by atoms with Crippen molar-refractivity contribution in [2.45, 2.75) is 20.6 Å². The first-order valence-corrected chi connectivity index (χ1v) is 4.82. The topological polar surface area (TPSA) is 13.1 Å². The average molecular weight is 186 g/mol. The Labute approximate surface area is 82.7 Å². The first-order chi connectivity index (χ1) is 6.77. The van der Waals surface area contributed by atoms with Crippen molar-refractivity contribution in [1.82, 2.24) is 0 Å². The zero-order valence-corrected chi connectivity index (χ0v) is 8.37. The highest BCUT2D eigenvalue weighted by Gasteiger charge is 2.25. The number of benzene rings is 1. The minimum atomic E-state index is 0.650. The Bertz CT molecular complexity index is 531. The number of hydrogen-bond acceptors (Lipinski definition) is 1. The average Bonchev–Trinajstić information content (AvgIpc) is 2.59. The molecule has 0 amide bonds. The summed E-state index contributed by atoms with van der Waals surface area (Å²) in [7, 11) is 0. The zero-order chi connectivity index (χ0) is 9.71. The van der Waals surface area contributed by atoms with Gasteiger partial charge in [-0.2, -0.15) is 4.57 Å². The number of rotatable bonds is 0. The Morgan fingerprint density at radius 1 is 1.29 bits per heavy atom. The van der Waals surface area contributed by atoms with Crippen LogP contribution in [0.2, 0.25) is 0 Å². The Balaban J connectivity index is 2.58. The molecule has 0 spiro atoms. The molecule has 3 rings (SSSR count). The summed E-state index contributed by atoms with van der Waals surface area (Å²) in [5, 5.41) is 1.30. The van der Waals surface area contributed by atoms with E-state index >= 15 is 0 Å². The number of hydrogen-bond donors (Lipinski definition) is 0. The lowest BCUT2D eigenvalue weighted by Gasteiger charge is -2.01. The van der Waals surface area contributed by atoms with Gasteiger partial charge in [-0.1, -0.05) is 6.07 Å². The third-order valence-corrected chi connectivity index (χ3v) is 2.85. The van der Waals surface area contributed by atoms with Crippen LogP contribution in [0.15, 0.2) is 24.4 Å². The van der Waals surface area contributed by atoms with Crippen molar-refractivity contribution in [3.05, 3.63) is 35.5 Å². The Kier molecular flexibility index (Phi) is 1.38. The molecule has 1 aromatic carbocycles. The number of aryl methyl sites for hydroxylation is 2. The lowest BCUT2D eigenvalue weighted by molar-refractivity contribution is -0.688. The van der Waals surface area contributed by atoms with Gasteiger partial charge in [0, 0.05) is 6.07 Å². The second kappa shape index (κ2) is 2.47. The van der Waals surface area contributed by atoms with Gasteiger partial charge in [-0.15, -0.1) is 0 Å². The van der Waals surface area contributed by atoms with Crippen LogP contribution in [-0.4, -0.2) is 0 Å². The standard InChI is InChI=1S/C12H12NO/c1-8-6-9(2)12-11-10(8)4-3-5-13(11)7-14-12/h3-6H,7H2,1-2H3/q+1. The summed E-state index contributed by atoms with van der Waals surface area (Å²) in [5.74, 6) is 1.05. The van der Waals surface area contributed by atoms with Gasteiger partial charge < -0.3 is 4.74 Å². The summed E-state index contributed by atoms with van der Waals surface area (Å²) < 4.78 is 7.82. The second-order valence-corrected chi connectivity index (χ2v) is 3.85. The van der Waals surface area contributed by atoms with E-state index < -0.39 is 0 Å². The number of pyridine rings is 1. The summed E-state index contributed by atoms with van der Waals surface area (Å²) >= 11 is 0. The molecule has 0 bridgehead atoms. The molecule has 0 fully saturated rings. The van der Waals surface area contributed by atoms with Crippen LogP contribution in [0.1, 0.15) is 11.1 Å². The maximum Gasteiger partial charge on any atom is 0.293 e. The van der Waals surface area contributed by atoms with Crippen molar-refractivity contribution in [3.8, 4) is 5.75 Å². The molecule has 2 heterocycles. The maximum absolute atomic E-state index is 5.66. The van der Waals surface area contributed by atoms with E-state index in [1.807, 2.05) is 0 Å². The van der Waals surface area contributed by atoms with Gasteiger partial charge >= 0.3 is 0 Å². The maximum atomic E-state index is 5.66. The van der Waals surface area contributed by atoms with Gasteiger partial charge in [0.15, 0.2) is 6.20 Å². The van der Waals surface area contributed by atoms with E-state index in [0.717, 1.165) is 5.75 Å². The quantitative estimate of drug-likeness (QED) is 0.574. The van der Waals surface area contributed by atoms with E-state index in [2.05, 4.69) is 42.8 Å². The van der Waals surface area contributed by atoms with Crippen LogP contribution >= 0.6 is 0 Å². The van der Waals surface area contributed by atoms with Crippen LogP contribution < -0.4 is 9.30 Å². The molecule has 0 atom stereocenters. The fourth-order valence-corrected chi connectivity index (χ4v) is 2.20. The number of aromatic nitrogens is 1. The van der Waals surface area contributed by atoms with Crippen molar-refractivity contribution in [3.63, 3.8) is 0 Å². The van der Waals surface area contributed by atoms with Crippen LogP contribution in [0.4, 0.5) is 0 Å². The summed E-state index contributed by atoms with van der Waals surface area (Å²) in [6.45, 7) is 4.90. The molecule has 0 aliphatic carbocycles. The Hall–Kier alpha value is -1.57. The summed E-state index contributed by atoms with van der Waals surface area (Å²) in [6.07, 6.45) is 2.07. The molecule has 14 heavy (non-hydrogen) atoms. The molecule has 70 valence electrons. The fraction of sp³-hybridized carbons (Fsp3) is 0.250. The lowest BCUT2D eigenvalue weighted by atomic mass is 10.1. The van der Waals surface area contributed by atoms with Crippen molar-refractivity contribution < 1.29 is 9.30 Å². The van der Waals surface area contributed by atoms with Gasteiger partial charge in [0.25, 0.3) is 12.2 Å². The predicted octanol–water partition coefficient (Wildman–Crippen LogP) is 2.09. The van der Waals surface area contributed by atoms with Crippen LogP contribution in [-0.2, 0) is 6.73 Å². The van der Waals surface area contributed by atoms with Gasteiger partial charge in [0.1, 0.15) is 0 Å². The summed E-state index contributed by atoms with van der Waals surface area (Å²) in [4.78, 5) is 0. The van der Waals surface area contributed by atoms with E-state index in [0.29, 0.717) is 6.73 Å². The van der Waals surface area contributed by atoms with Gasteiger partial charge in [0.2, 0.25) is 5.75 Å². The number of ether oxygens (including phenoxy) is 1. The highest BCUT2D eigenvalue weighted by Crippen LogP contribution is 2.32. The molecule has 0 unspecified atom stereocenters. The van der Waals surface area contributed by atoms with Crippen molar-refractivity contribution in [2.24, 2.45) is 0 Å². The Morgan fingerprint density at radius 2 is 2.14 bits per heavy atom. The first-order valence-electron chi connectivity index (χ1n) is 4.82. The smallest absolute Gasteiger partial charge is 0.293 e. The third kappa shape index (κ3) is 0.830. The second-order valence-electron chi connectivity index (χ2n) is 3.85. The molecule has 2 nitrogen and oxygen atoms in total. The van der Waals surface area contributed by atoms with Crippen LogP contribution in [0.3, 0.4) is 0 Å². The minimum Gasteiger partial charge on any atom is -0.429 e. The predicted molar refractivity (Wildman–Crippen MR) is 54.2 cm³/mol. The molecule has 2 heteroatoms. The number of nitrogens with zero attached hydrogens (tertiary/aromatic N) is 1. The summed E-state index contributed by atoms with van der Waals surface area (Å²) in [6, 6.07) is 6.41. The molecular weight excluding hydrogens is 174 g/mol. The van der Waals surface area contributed by atoms with Gasteiger partial charge in [-0.3, -0.25) is 0 Å². The van der Waals surface area contributed by atoms with Gasteiger partial charge in [-0.25, -0.2) is 0 Å². The molecule has 1 aliphatic rings. The molecule has 0 radical (unpaired) electrons. The SMILES string of the molecule is Cc1cc(C)c2ccc[n+]3c2c1OC3. The van der Waals surface area contributed by atoms with E-state index in [9.17, 15) is 0 Å². The molecule has 0 saturated heterocycles. The fourth-order valence-electron chi connectivity index (χ4n) is 2.20.